The van der Waals surface area contributed by atoms with Gasteiger partial charge >= 0.3 is 11.9 Å². The summed E-state index contributed by atoms with van der Waals surface area (Å²) < 4.78 is 0. The summed E-state index contributed by atoms with van der Waals surface area (Å²) in [7, 11) is 0. The fourth-order valence-electron chi connectivity index (χ4n) is 1.52. The molecule has 21 heavy (non-hydrogen) atoms. The van der Waals surface area contributed by atoms with E-state index in [9.17, 15) is 4.79 Å². The third-order valence-electron chi connectivity index (χ3n) is 2.40. The Morgan fingerprint density at radius 3 is 2.38 bits per heavy atom. The molecule has 2 aromatic rings. The molecule has 6 N–H and O–H groups in total. The van der Waals surface area contributed by atoms with Crippen LogP contribution in [-0.2, 0) is 16.0 Å². The molecule has 0 saturated carbocycles. The van der Waals surface area contributed by atoms with Crippen LogP contribution in [0.5, 0.6) is 0 Å². The first-order chi connectivity index (χ1) is 9.97. The third-order valence-corrected chi connectivity index (χ3v) is 2.40. The first kappa shape index (κ1) is 16.1. The monoisotopic (exact) mass is 294 g/mol. The molecule has 112 valence electrons. The van der Waals surface area contributed by atoms with Crippen molar-refractivity contribution in [2.24, 2.45) is 5.73 Å². The van der Waals surface area contributed by atoms with E-state index in [2.05, 4.69) is 15.2 Å². The number of rotatable bonds is 3. The second-order valence-electron chi connectivity index (χ2n) is 3.82. The van der Waals surface area contributed by atoms with Gasteiger partial charge in [0.1, 0.15) is 0 Å². The number of hydrogen-bond donors (Lipinski definition) is 5. The summed E-state index contributed by atoms with van der Waals surface area (Å²) in [5.74, 6) is -3.65. The van der Waals surface area contributed by atoms with Crippen molar-refractivity contribution in [2.75, 3.05) is 6.54 Å². The Kier molecular flexibility index (Phi) is 5.83. The molecular formula is C12H14N4O5. The lowest BCUT2D eigenvalue weighted by molar-refractivity contribution is -0.159. The third kappa shape index (κ3) is 4.58. The van der Waals surface area contributed by atoms with E-state index in [1.807, 2.05) is 12.1 Å². The van der Waals surface area contributed by atoms with E-state index in [-0.39, 0.29) is 5.56 Å². The zero-order chi connectivity index (χ0) is 15.8. The minimum Gasteiger partial charge on any atom is -0.473 e. The average molecular weight is 294 g/mol. The molecule has 2 heterocycles. The van der Waals surface area contributed by atoms with Crippen LogP contribution in [0.25, 0.3) is 11.3 Å². The first-order valence-corrected chi connectivity index (χ1v) is 5.83. The Labute approximate surface area is 118 Å². The first-order valence-electron chi connectivity index (χ1n) is 5.83. The van der Waals surface area contributed by atoms with Crippen molar-refractivity contribution in [1.82, 2.24) is 15.2 Å². The maximum atomic E-state index is 11.4. The standard InChI is InChI=1S/C10H12N4O.C2H2O4/c11-4-3-8-9(13-14-10(8)15)7-2-1-5-12-6-7;3-1(4)2(5)6/h1-2,5-6H,3-4,11H2,(H2,13,14,15);(H,3,4)(H,5,6). The van der Waals surface area contributed by atoms with Crippen LogP contribution in [-0.4, -0.2) is 43.9 Å². The van der Waals surface area contributed by atoms with Crippen molar-refractivity contribution in [3.05, 3.63) is 40.4 Å². The van der Waals surface area contributed by atoms with Crippen LogP contribution >= 0.6 is 0 Å². The molecule has 0 amide bonds. The van der Waals surface area contributed by atoms with Crippen LogP contribution in [0.15, 0.2) is 29.3 Å². The molecule has 0 unspecified atom stereocenters. The molecule has 0 saturated heterocycles. The number of aliphatic carboxylic acids is 2. The van der Waals surface area contributed by atoms with Gasteiger partial charge in [0, 0.05) is 23.5 Å². The molecule has 0 aliphatic heterocycles. The highest BCUT2D eigenvalue weighted by atomic mass is 16.4. The van der Waals surface area contributed by atoms with Gasteiger partial charge in [-0.25, -0.2) is 9.59 Å². The molecule has 0 bridgehead atoms. The van der Waals surface area contributed by atoms with Crippen LogP contribution in [0, 0.1) is 0 Å². The normalized spacial score (nSPS) is 9.57. The molecule has 9 nitrogen and oxygen atoms in total. The maximum Gasteiger partial charge on any atom is 0.414 e. The topological polar surface area (TPSA) is 162 Å². The number of nitrogens with two attached hydrogens (primary N) is 1. The van der Waals surface area contributed by atoms with Gasteiger partial charge in [0.15, 0.2) is 0 Å². The molecule has 0 spiro atoms. The fraction of sp³-hybridized carbons (Fsp3) is 0.167. The molecular weight excluding hydrogens is 280 g/mol. The lowest BCUT2D eigenvalue weighted by Crippen LogP contribution is -2.12. The van der Waals surface area contributed by atoms with Crippen molar-refractivity contribution in [3.63, 3.8) is 0 Å². The predicted molar refractivity (Wildman–Crippen MR) is 72.7 cm³/mol. The van der Waals surface area contributed by atoms with Crippen LogP contribution in [0.3, 0.4) is 0 Å². The van der Waals surface area contributed by atoms with Crippen LogP contribution < -0.4 is 11.3 Å². The van der Waals surface area contributed by atoms with Gasteiger partial charge in [0.25, 0.3) is 5.56 Å². The van der Waals surface area contributed by atoms with E-state index in [4.69, 9.17) is 25.5 Å². The highest BCUT2D eigenvalue weighted by molar-refractivity contribution is 6.27. The predicted octanol–water partition coefficient (Wildman–Crippen LogP) is -0.578. The van der Waals surface area contributed by atoms with Gasteiger partial charge in [0.2, 0.25) is 0 Å². The Balaban J connectivity index is 0.000000315. The minimum atomic E-state index is -1.82. The molecule has 2 rings (SSSR count). The number of aromatic amines is 2. The van der Waals surface area contributed by atoms with Gasteiger partial charge in [0.05, 0.1) is 5.69 Å². The Hall–Kier alpha value is -2.94. The molecule has 0 aromatic carbocycles. The van der Waals surface area contributed by atoms with E-state index in [1.165, 1.54) is 0 Å². The van der Waals surface area contributed by atoms with Gasteiger partial charge in [-0.1, -0.05) is 0 Å². The summed E-state index contributed by atoms with van der Waals surface area (Å²) in [5, 5.41) is 20.2. The second-order valence-corrected chi connectivity index (χ2v) is 3.82. The van der Waals surface area contributed by atoms with Crippen molar-refractivity contribution in [1.29, 1.82) is 0 Å². The second kappa shape index (κ2) is 7.60. The largest absolute Gasteiger partial charge is 0.473 e. The maximum absolute atomic E-state index is 11.4. The number of carbonyl (C=O) groups is 2. The lowest BCUT2D eigenvalue weighted by Gasteiger charge is -1.99. The van der Waals surface area contributed by atoms with Crippen LogP contribution in [0.1, 0.15) is 5.56 Å². The highest BCUT2D eigenvalue weighted by Crippen LogP contribution is 2.17. The van der Waals surface area contributed by atoms with Gasteiger partial charge in [-0.15, -0.1) is 0 Å². The molecule has 0 atom stereocenters. The number of carboxylic acid groups (broad SMARTS) is 2. The van der Waals surface area contributed by atoms with E-state index >= 15 is 0 Å². The Bertz CT molecular complexity index is 650. The molecule has 0 fully saturated rings. The van der Waals surface area contributed by atoms with Crippen LogP contribution in [0.2, 0.25) is 0 Å². The van der Waals surface area contributed by atoms with Gasteiger partial charge in [-0.05, 0) is 25.1 Å². The van der Waals surface area contributed by atoms with E-state index in [1.54, 1.807) is 12.4 Å². The Morgan fingerprint density at radius 1 is 1.24 bits per heavy atom. The summed E-state index contributed by atoms with van der Waals surface area (Å²) in [6, 6.07) is 3.72. The summed E-state index contributed by atoms with van der Waals surface area (Å²) >= 11 is 0. The average Bonchev–Trinajstić information content (AvgIpc) is 2.82. The van der Waals surface area contributed by atoms with E-state index in [0.29, 0.717) is 18.5 Å². The summed E-state index contributed by atoms with van der Waals surface area (Å²) in [6.07, 6.45) is 3.96. The van der Waals surface area contributed by atoms with Gasteiger partial charge in [-0.2, -0.15) is 0 Å². The van der Waals surface area contributed by atoms with Gasteiger partial charge in [-0.3, -0.25) is 20.0 Å². The van der Waals surface area contributed by atoms with Crippen LogP contribution in [0.4, 0.5) is 0 Å². The van der Waals surface area contributed by atoms with Crippen molar-refractivity contribution < 1.29 is 19.8 Å². The SMILES string of the molecule is NCCc1c(-c2cccnc2)[nH][nH]c1=O.O=C(O)C(=O)O. The minimum absolute atomic E-state index is 0.112. The van der Waals surface area contributed by atoms with Crippen molar-refractivity contribution in [2.45, 2.75) is 6.42 Å². The van der Waals surface area contributed by atoms with Crippen molar-refractivity contribution >= 4 is 11.9 Å². The number of nitrogens with zero attached hydrogens (tertiary/aromatic N) is 1. The number of pyridine rings is 1. The quantitative estimate of drug-likeness (QED) is 0.473. The smallest absolute Gasteiger partial charge is 0.414 e. The molecule has 2 aromatic heterocycles. The highest BCUT2D eigenvalue weighted by Gasteiger charge is 2.10. The number of aromatic nitrogens is 3. The Morgan fingerprint density at radius 2 is 1.90 bits per heavy atom. The van der Waals surface area contributed by atoms with Gasteiger partial charge < -0.3 is 15.9 Å². The summed E-state index contributed by atoms with van der Waals surface area (Å²) in [6.45, 7) is 0.453. The number of hydrogen-bond acceptors (Lipinski definition) is 5. The van der Waals surface area contributed by atoms with E-state index < -0.39 is 11.9 Å². The zero-order valence-electron chi connectivity index (χ0n) is 10.9. The summed E-state index contributed by atoms with van der Waals surface area (Å²) in [4.78, 5) is 33.6. The lowest BCUT2D eigenvalue weighted by atomic mass is 10.1. The number of H-pyrrole nitrogens is 2. The molecule has 9 heteroatoms. The molecule has 0 aliphatic rings. The van der Waals surface area contributed by atoms with E-state index in [0.717, 1.165) is 11.3 Å². The number of carboxylic acids is 2. The fourth-order valence-corrected chi connectivity index (χ4v) is 1.52. The number of nitrogens with one attached hydrogen (secondary N) is 2. The molecule has 0 aliphatic carbocycles. The zero-order valence-corrected chi connectivity index (χ0v) is 10.9. The van der Waals surface area contributed by atoms with Crippen molar-refractivity contribution in [3.8, 4) is 11.3 Å². The molecule has 0 radical (unpaired) electrons. The summed E-state index contributed by atoms with van der Waals surface area (Å²) in [5.41, 5.74) is 7.69.